The second-order valence-electron chi connectivity index (χ2n) is 5.44. The second-order valence-corrected chi connectivity index (χ2v) is 5.44. The molecule has 0 saturated carbocycles. The summed E-state index contributed by atoms with van der Waals surface area (Å²) in [6.45, 7) is 0.644. The predicted octanol–water partition coefficient (Wildman–Crippen LogP) is 1.92. The van der Waals surface area contributed by atoms with E-state index < -0.39 is 17.6 Å². The van der Waals surface area contributed by atoms with Crippen LogP contribution >= 0.6 is 0 Å². The van der Waals surface area contributed by atoms with E-state index in [1.54, 1.807) is 31.3 Å². The Hall–Kier alpha value is -2.76. The number of ketones is 1. The number of carbonyl (C=O) groups excluding carboxylic acids is 2. The van der Waals surface area contributed by atoms with E-state index >= 15 is 0 Å². The number of nitrogens with zero attached hydrogens (tertiary/aromatic N) is 2. The number of Topliss-reactive ketones (excluding diaryl/α,β-unsaturated/α-hetero) is 1. The lowest BCUT2D eigenvalue weighted by molar-refractivity contribution is -0.139. The van der Waals surface area contributed by atoms with Gasteiger partial charge in [0.2, 0.25) is 5.78 Å². The van der Waals surface area contributed by atoms with Gasteiger partial charge in [-0.2, -0.15) is 0 Å². The molecule has 1 aliphatic heterocycles. The average molecular weight is 314 g/mol. The molecule has 0 bridgehead atoms. The largest absolute Gasteiger partial charge is 0.487 e. The monoisotopic (exact) mass is 314 g/mol. The first-order chi connectivity index (χ1) is 11.0. The minimum absolute atomic E-state index is 0.291. The molecule has 3 rings (SSSR count). The van der Waals surface area contributed by atoms with Crippen LogP contribution in [-0.2, 0) is 16.2 Å². The van der Waals surface area contributed by atoms with Gasteiger partial charge in [-0.15, -0.1) is 0 Å². The minimum atomic E-state index is -0.515. The van der Waals surface area contributed by atoms with E-state index in [1.807, 2.05) is 0 Å². The summed E-state index contributed by atoms with van der Waals surface area (Å²) in [6, 6.07) is 9.45. The van der Waals surface area contributed by atoms with Crippen molar-refractivity contribution in [1.29, 1.82) is 0 Å². The normalized spacial score (nSPS) is 17.7. The Morgan fingerprint density at radius 3 is 2.52 bits per heavy atom. The molecule has 2 heterocycles. The molecule has 0 aliphatic carbocycles. The highest BCUT2D eigenvalue weighted by atomic mass is 19.1. The van der Waals surface area contributed by atoms with Crippen LogP contribution in [0, 0.1) is 5.82 Å². The van der Waals surface area contributed by atoms with E-state index in [0.717, 1.165) is 5.56 Å². The SMILES string of the molecule is CN1CC(c2ccc(OCc3ccc(F)cc3)cn2)C(=O)C1=O. The molecule has 1 aliphatic rings. The van der Waals surface area contributed by atoms with E-state index in [4.69, 9.17) is 4.74 Å². The van der Waals surface area contributed by atoms with E-state index in [9.17, 15) is 14.0 Å². The number of likely N-dealkylation sites (N-methyl/N-ethyl adjacent to an activating group) is 1. The van der Waals surface area contributed by atoms with E-state index in [2.05, 4.69) is 4.98 Å². The first-order valence-corrected chi connectivity index (χ1v) is 7.17. The molecule has 23 heavy (non-hydrogen) atoms. The molecule has 0 spiro atoms. The highest BCUT2D eigenvalue weighted by Crippen LogP contribution is 2.24. The predicted molar refractivity (Wildman–Crippen MR) is 80.4 cm³/mol. The Morgan fingerprint density at radius 1 is 1.22 bits per heavy atom. The summed E-state index contributed by atoms with van der Waals surface area (Å²) in [6.07, 6.45) is 1.52. The van der Waals surface area contributed by atoms with Crippen molar-refractivity contribution in [3.63, 3.8) is 0 Å². The maximum Gasteiger partial charge on any atom is 0.290 e. The Balaban J connectivity index is 1.64. The second kappa shape index (κ2) is 6.16. The summed E-state index contributed by atoms with van der Waals surface area (Å²) < 4.78 is 18.4. The number of ether oxygens (including phenoxy) is 1. The summed E-state index contributed by atoms with van der Waals surface area (Å²) in [5.41, 5.74) is 1.40. The molecule has 118 valence electrons. The molecule has 5 nitrogen and oxygen atoms in total. The molecule has 1 aromatic heterocycles. The van der Waals surface area contributed by atoms with Crippen molar-refractivity contribution < 1.29 is 18.7 Å². The van der Waals surface area contributed by atoms with Crippen LogP contribution in [0.2, 0.25) is 0 Å². The fourth-order valence-electron chi connectivity index (χ4n) is 2.44. The number of carbonyl (C=O) groups is 2. The van der Waals surface area contributed by atoms with Crippen LogP contribution in [0.25, 0.3) is 0 Å². The number of rotatable bonds is 4. The van der Waals surface area contributed by atoms with Gasteiger partial charge >= 0.3 is 0 Å². The van der Waals surface area contributed by atoms with Gasteiger partial charge in [0.1, 0.15) is 18.2 Å². The first kappa shape index (κ1) is 15.1. The third-order valence-corrected chi connectivity index (χ3v) is 3.77. The Labute approximate surface area is 132 Å². The van der Waals surface area contributed by atoms with Crippen molar-refractivity contribution in [1.82, 2.24) is 9.88 Å². The van der Waals surface area contributed by atoms with E-state index in [0.29, 0.717) is 24.6 Å². The lowest BCUT2D eigenvalue weighted by atomic mass is 10.0. The van der Waals surface area contributed by atoms with Crippen molar-refractivity contribution >= 4 is 11.7 Å². The highest BCUT2D eigenvalue weighted by molar-refractivity contribution is 6.40. The third-order valence-electron chi connectivity index (χ3n) is 3.77. The number of benzene rings is 1. The summed E-state index contributed by atoms with van der Waals surface area (Å²) in [7, 11) is 1.60. The molecule has 1 unspecified atom stereocenters. The van der Waals surface area contributed by atoms with Gasteiger partial charge in [-0.05, 0) is 29.8 Å². The molecule has 1 amide bonds. The van der Waals surface area contributed by atoms with Crippen LogP contribution in [0.1, 0.15) is 17.2 Å². The van der Waals surface area contributed by atoms with Crippen molar-refractivity contribution in [3.8, 4) is 5.75 Å². The van der Waals surface area contributed by atoms with Gasteiger partial charge < -0.3 is 9.64 Å². The van der Waals surface area contributed by atoms with Crippen molar-refractivity contribution in [3.05, 3.63) is 59.7 Å². The van der Waals surface area contributed by atoms with Gasteiger partial charge in [-0.3, -0.25) is 14.6 Å². The molecule has 1 aromatic carbocycles. The van der Waals surface area contributed by atoms with Gasteiger partial charge in [0.25, 0.3) is 5.91 Å². The average Bonchev–Trinajstić information content (AvgIpc) is 2.82. The molecule has 1 atom stereocenters. The number of pyridine rings is 1. The van der Waals surface area contributed by atoms with Gasteiger partial charge in [0.15, 0.2) is 0 Å². The van der Waals surface area contributed by atoms with Crippen LogP contribution in [0.5, 0.6) is 5.75 Å². The van der Waals surface area contributed by atoms with Gasteiger partial charge in [-0.25, -0.2) is 4.39 Å². The number of aromatic nitrogens is 1. The number of amides is 1. The summed E-state index contributed by atoms with van der Waals surface area (Å²) >= 11 is 0. The van der Waals surface area contributed by atoms with Crippen LogP contribution in [-0.4, -0.2) is 35.2 Å². The summed E-state index contributed by atoms with van der Waals surface area (Å²) in [5, 5.41) is 0. The fourth-order valence-corrected chi connectivity index (χ4v) is 2.44. The molecule has 0 N–H and O–H groups in total. The minimum Gasteiger partial charge on any atom is -0.487 e. The van der Waals surface area contributed by atoms with Crippen LogP contribution in [0.15, 0.2) is 42.6 Å². The van der Waals surface area contributed by atoms with Crippen molar-refractivity contribution in [2.45, 2.75) is 12.5 Å². The Bertz CT molecular complexity index is 729. The fraction of sp³-hybridized carbons (Fsp3) is 0.235. The molecule has 1 saturated heterocycles. The lowest BCUT2D eigenvalue weighted by Crippen LogP contribution is -2.22. The smallest absolute Gasteiger partial charge is 0.290 e. The molecule has 6 heteroatoms. The Kier molecular flexibility index (Phi) is 4.06. The number of hydrogen-bond acceptors (Lipinski definition) is 4. The zero-order valence-electron chi connectivity index (χ0n) is 12.5. The molecular weight excluding hydrogens is 299 g/mol. The zero-order chi connectivity index (χ0) is 16.4. The summed E-state index contributed by atoms with van der Waals surface area (Å²) in [4.78, 5) is 29.0. The van der Waals surface area contributed by atoms with Crippen LogP contribution in [0.3, 0.4) is 0 Å². The molecular formula is C17H15FN2O3. The Morgan fingerprint density at radius 2 is 1.96 bits per heavy atom. The molecule has 0 radical (unpaired) electrons. The lowest BCUT2D eigenvalue weighted by Gasteiger charge is -2.10. The standard InChI is InChI=1S/C17H15FN2O3/c1-20-9-14(16(21)17(20)22)15-7-6-13(8-19-15)23-10-11-2-4-12(18)5-3-11/h2-8,14H,9-10H2,1H3. The van der Waals surface area contributed by atoms with Crippen LogP contribution in [0.4, 0.5) is 4.39 Å². The molecule has 2 aromatic rings. The van der Waals surface area contributed by atoms with Gasteiger partial charge in [0.05, 0.1) is 17.8 Å². The maximum atomic E-state index is 12.8. The third kappa shape index (κ3) is 3.21. The van der Waals surface area contributed by atoms with Gasteiger partial charge in [0, 0.05) is 13.6 Å². The van der Waals surface area contributed by atoms with E-state index in [1.165, 1.54) is 23.2 Å². The quantitative estimate of drug-likeness (QED) is 0.809. The first-order valence-electron chi connectivity index (χ1n) is 7.17. The number of hydrogen-bond donors (Lipinski definition) is 0. The summed E-state index contributed by atoms with van der Waals surface area (Å²) in [5.74, 6) is -1.17. The topological polar surface area (TPSA) is 59.5 Å². The van der Waals surface area contributed by atoms with Gasteiger partial charge in [-0.1, -0.05) is 12.1 Å². The van der Waals surface area contributed by atoms with Crippen molar-refractivity contribution in [2.75, 3.05) is 13.6 Å². The molecule has 1 fully saturated rings. The van der Waals surface area contributed by atoms with Crippen LogP contribution < -0.4 is 4.74 Å². The maximum absolute atomic E-state index is 12.8. The van der Waals surface area contributed by atoms with E-state index in [-0.39, 0.29) is 5.82 Å². The van der Waals surface area contributed by atoms with Crippen molar-refractivity contribution in [2.24, 2.45) is 0 Å². The number of likely N-dealkylation sites (tertiary alicyclic amines) is 1. The highest BCUT2D eigenvalue weighted by Gasteiger charge is 2.38. The zero-order valence-corrected chi connectivity index (χ0v) is 12.5. The number of halogens is 1.